The summed E-state index contributed by atoms with van der Waals surface area (Å²) in [5.41, 5.74) is 2.28. The first-order valence-corrected chi connectivity index (χ1v) is 9.26. The maximum absolute atomic E-state index is 13.2. The van der Waals surface area contributed by atoms with Crippen LogP contribution in [0.3, 0.4) is 0 Å². The largest absolute Gasteiger partial charge is 0.378 e. The molecule has 1 amide bonds. The lowest BCUT2D eigenvalue weighted by Gasteiger charge is -2.25. The van der Waals surface area contributed by atoms with Crippen LogP contribution in [0.5, 0.6) is 0 Å². The van der Waals surface area contributed by atoms with Gasteiger partial charge in [0.05, 0.1) is 29.9 Å². The molecule has 1 aliphatic rings. The summed E-state index contributed by atoms with van der Waals surface area (Å²) in [6.45, 7) is 3.13. The summed E-state index contributed by atoms with van der Waals surface area (Å²) in [4.78, 5) is 19.1. The van der Waals surface area contributed by atoms with Gasteiger partial charge in [-0.05, 0) is 35.9 Å². The second-order valence-corrected chi connectivity index (χ2v) is 7.14. The molecule has 7 heteroatoms. The lowest BCUT2D eigenvalue weighted by molar-refractivity contribution is -0.115. The van der Waals surface area contributed by atoms with Crippen molar-refractivity contribution in [1.82, 2.24) is 4.98 Å². The predicted octanol–water partition coefficient (Wildman–Crippen LogP) is 3.45. The number of halogens is 1. The third-order valence-electron chi connectivity index (χ3n) is 4.20. The van der Waals surface area contributed by atoms with Crippen molar-refractivity contribution < 1.29 is 13.9 Å². The smallest absolute Gasteiger partial charge is 0.228 e. The van der Waals surface area contributed by atoms with Crippen LogP contribution >= 0.6 is 11.3 Å². The molecule has 0 aliphatic carbocycles. The third-order valence-corrected chi connectivity index (χ3v) is 5.28. The van der Waals surface area contributed by atoms with Gasteiger partial charge in [0.2, 0.25) is 5.91 Å². The van der Waals surface area contributed by atoms with Gasteiger partial charge < -0.3 is 15.0 Å². The number of thiazole rings is 1. The highest BCUT2D eigenvalue weighted by Gasteiger charge is 2.15. The number of aromatic nitrogens is 1. The number of morpholine rings is 1. The Morgan fingerprint density at radius 3 is 2.88 bits per heavy atom. The number of benzene rings is 2. The van der Waals surface area contributed by atoms with Crippen LogP contribution in [0, 0.1) is 5.82 Å². The molecule has 4 rings (SSSR count). The minimum Gasteiger partial charge on any atom is -0.378 e. The van der Waals surface area contributed by atoms with Crippen LogP contribution in [-0.2, 0) is 16.0 Å². The molecular weight excluding hydrogens is 353 g/mol. The number of ether oxygens (including phenoxy) is 1. The van der Waals surface area contributed by atoms with Crippen LogP contribution < -0.4 is 10.2 Å². The number of anilines is 2. The quantitative estimate of drug-likeness (QED) is 0.763. The van der Waals surface area contributed by atoms with E-state index in [0.29, 0.717) is 5.56 Å². The van der Waals surface area contributed by atoms with Gasteiger partial charge in [-0.25, -0.2) is 9.37 Å². The topological polar surface area (TPSA) is 54.5 Å². The fourth-order valence-electron chi connectivity index (χ4n) is 2.92. The maximum atomic E-state index is 13.2. The predicted molar refractivity (Wildman–Crippen MR) is 101 cm³/mol. The van der Waals surface area contributed by atoms with Gasteiger partial charge in [0.15, 0.2) is 5.13 Å². The first kappa shape index (κ1) is 16.9. The van der Waals surface area contributed by atoms with Crippen LogP contribution in [-0.4, -0.2) is 37.2 Å². The van der Waals surface area contributed by atoms with E-state index >= 15 is 0 Å². The van der Waals surface area contributed by atoms with E-state index in [1.165, 1.54) is 12.1 Å². The van der Waals surface area contributed by atoms with E-state index in [1.54, 1.807) is 23.5 Å². The normalized spacial score (nSPS) is 14.6. The number of hydrogen-bond donors (Lipinski definition) is 1. The molecule has 26 heavy (non-hydrogen) atoms. The first-order chi connectivity index (χ1) is 12.7. The van der Waals surface area contributed by atoms with E-state index in [0.717, 1.165) is 47.3 Å². The molecule has 1 fully saturated rings. The Morgan fingerprint density at radius 2 is 2.08 bits per heavy atom. The summed E-state index contributed by atoms with van der Waals surface area (Å²) in [5, 5.41) is 3.85. The first-order valence-electron chi connectivity index (χ1n) is 8.45. The maximum Gasteiger partial charge on any atom is 0.228 e. The van der Waals surface area contributed by atoms with Gasteiger partial charge in [0.1, 0.15) is 5.82 Å². The van der Waals surface area contributed by atoms with E-state index in [1.807, 2.05) is 18.2 Å². The zero-order valence-corrected chi connectivity index (χ0v) is 14.9. The molecule has 0 spiro atoms. The molecule has 1 aromatic heterocycles. The second kappa shape index (κ2) is 7.39. The molecule has 0 saturated carbocycles. The molecule has 2 aromatic carbocycles. The number of carbonyl (C=O) groups excluding carboxylic acids is 1. The van der Waals surface area contributed by atoms with Crippen LogP contribution in [0.2, 0.25) is 0 Å². The molecule has 0 radical (unpaired) electrons. The molecule has 0 unspecified atom stereocenters. The van der Waals surface area contributed by atoms with E-state index in [4.69, 9.17) is 4.74 Å². The summed E-state index contributed by atoms with van der Waals surface area (Å²) in [7, 11) is 0. The summed E-state index contributed by atoms with van der Waals surface area (Å²) < 4.78 is 19.6. The number of amides is 1. The van der Waals surface area contributed by atoms with Crippen molar-refractivity contribution in [2.75, 3.05) is 36.5 Å². The molecule has 0 atom stereocenters. The van der Waals surface area contributed by atoms with Gasteiger partial charge in [0, 0.05) is 18.8 Å². The average molecular weight is 371 g/mol. The molecule has 134 valence electrons. The number of nitrogens with zero attached hydrogens (tertiary/aromatic N) is 2. The summed E-state index contributed by atoms with van der Waals surface area (Å²) in [5.74, 6) is -0.509. The Bertz CT molecular complexity index is 937. The van der Waals surface area contributed by atoms with Crippen molar-refractivity contribution in [3.63, 3.8) is 0 Å². The molecule has 2 heterocycles. The van der Waals surface area contributed by atoms with Gasteiger partial charge >= 0.3 is 0 Å². The van der Waals surface area contributed by atoms with E-state index < -0.39 is 0 Å². The van der Waals surface area contributed by atoms with Crippen molar-refractivity contribution >= 4 is 38.3 Å². The van der Waals surface area contributed by atoms with Crippen molar-refractivity contribution in [1.29, 1.82) is 0 Å². The highest BCUT2D eigenvalue weighted by Crippen LogP contribution is 2.31. The van der Waals surface area contributed by atoms with Crippen molar-refractivity contribution in [3.05, 3.63) is 53.8 Å². The fourth-order valence-corrected chi connectivity index (χ4v) is 3.97. The van der Waals surface area contributed by atoms with Gasteiger partial charge in [-0.2, -0.15) is 0 Å². The zero-order valence-electron chi connectivity index (χ0n) is 14.1. The van der Waals surface area contributed by atoms with E-state index in [2.05, 4.69) is 15.2 Å². The van der Waals surface area contributed by atoms with E-state index in [-0.39, 0.29) is 18.1 Å². The second-order valence-electron chi connectivity index (χ2n) is 6.13. The highest BCUT2D eigenvalue weighted by atomic mass is 32.1. The van der Waals surface area contributed by atoms with Gasteiger partial charge in [-0.15, -0.1) is 0 Å². The molecule has 3 aromatic rings. The number of nitrogens with one attached hydrogen (secondary N) is 1. The minimum absolute atomic E-state index is 0.136. The van der Waals surface area contributed by atoms with Crippen molar-refractivity contribution in [2.45, 2.75) is 6.42 Å². The highest BCUT2D eigenvalue weighted by molar-refractivity contribution is 7.22. The zero-order chi connectivity index (χ0) is 17.9. The Kier molecular flexibility index (Phi) is 4.81. The Balaban J connectivity index is 1.47. The Hall–Kier alpha value is -2.51. The van der Waals surface area contributed by atoms with Crippen LogP contribution in [0.25, 0.3) is 10.2 Å². The van der Waals surface area contributed by atoms with Crippen molar-refractivity contribution in [2.24, 2.45) is 0 Å². The van der Waals surface area contributed by atoms with Crippen LogP contribution in [0.4, 0.5) is 15.2 Å². The van der Waals surface area contributed by atoms with Gasteiger partial charge in [0.25, 0.3) is 0 Å². The molecule has 1 aliphatic heterocycles. The number of hydrogen-bond acceptors (Lipinski definition) is 5. The van der Waals surface area contributed by atoms with Gasteiger partial charge in [-0.1, -0.05) is 23.5 Å². The molecule has 5 nitrogen and oxygen atoms in total. The number of rotatable bonds is 4. The summed E-state index contributed by atoms with van der Waals surface area (Å²) in [6.07, 6.45) is 0.136. The number of carbonyl (C=O) groups is 1. The molecule has 1 N–H and O–H groups in total. The standard InChI is InChI=1S/C19H18FN3O2S/c20-14-3-1-2-13(10-14)11-18(24)21-15-4-5-16-17(12-15)26-19(22-16)23-6-8-25-9-7-23/h1-5,10,12H,6-9,11H2,(H,21,24). The van der Waals surface area contributed by atoms with Crippen LogP contribution in [0.1, 0.15) is 5.56 Å². The van der Waals surface area contributed by atoms with E-state index in [9.17, 15) is 9.18 Å². The Labute approximate surface area is 154 Å². The minimum atomic E-state index is -0.336. The molecular formula is C19H18FN3O2S. The summed E-state index contributed by atoms with van der Waals surface area (Å²) >= 11 is 1.61. The van der Waals surface area contributed by atoms with Gasteiger partial charge in [-0.3, -0.25) is 4.79 Å². The summed E-state index contributed by atoms with van der Waals surface area (Å²) in [6, 6.07) is 11.8. The van der Waals surface area contributed by atoms with Crippen LogP contribution in [0.15, 0.2) is 42.5 Å². The lowest BCUT2D eigenvalue weighted by Crippen LogP contribution is -2.36. The fraction of sp³-hybridized carbons (Fsp3) is 0.263. The molecule has 1 saturated heterocycles. The molecule has 0 bridgehead atoms. The SMILES string of the molecule is O=C(Cc1cccc(F)c1)Nc1ccc2nc(N3CCOCC3)sc2c1. The number of fused-ring (bicyclic) bond motifs is 1. The average Bonchev–Trinajstić information content (AvgIpc) is 3.06. The van der Waals surface area contributed by atoms with Crippen molar-refractivity contribution in [3.8, 4) is 0 Å². The Morgan fingerprint density at radius 1 is 1.23 bits per heavy atom. The third kappa shape index (κ3) is 3.84. The monoisotopic (exact) mass is 371 g/mol. The lowest BCUT2D eigenvalue weighted by atomic mass is 10.1.